The molecule has 4 aromatic rings. The van der Waals surface area contributed by atoms with Crippen LogP contribution in [0.15, 0.2) is 41.2 Å². The van der Waals surface area contributed by atoms with Crippen molar-refractivity contribution >= 4 is 22.6 Å². The van der Waals surface area contributed by atoms with Crippen LogP contribution in [-0.4, -0.2) is 36.4 Å². The summed E-state index contributed by atoms with van der Waals surface area (Å²) in [6, 6.07) is 8.36. The van der Waals surface area contributed by atoms with Gasteiger partial charge in [0.25, 0.3) is 0 Å². The zero-order valence-corrected chi connectivity index (χ0v) is 18.3. The number of nitrogens with zero attached hydrogens (tertiary/aromatic N) is 5. The van der Waals surface area contributed by atoms with E-state index in [1.54, 1.807) is 6.20 Å². The van der Waals surface area contributed by atoms with Gasteiger partial charge in [0.05, 0.1) is 23.3 Å². The molecule has 0 unspecified atom stereocenters. The number of rotatable bonds is 7. The average molecular weight is 434 g/mol. The molecule has 3 aromatic heterocycles. The van der Waals surface area contributed by atoms with E-state index < -0.39 is 0 Å². The molecule has 9 nitrogen and oxygen atoms in total. The zero-order chi connectivity index (χ0) is 22.1. The largest absolute Gasteiger partial charge is 0.382 e. The Morgan fingerprint density at radius 3 is 3.06 bits per heavy atom. The minimum absolute atomic E-state index is 0.0943. The fourth-order valence-corrected chi connectivity index (χ4v) is 4.28. The molecule has 1 amide bonds. The Balaban J connectivity index is 1.42. The third-order valence-electron chi connectivity index (χ3n) is 5.90. The molecule has 0 bridgehead atoms. The van der Waals surface area contributed by atoms with Gasteiger partial charge in [0.2, 0.25) is 5.91 Å². The number of carbonyl (C=O) groups excluding carboxylic acids is 1. The lowest BCUT2D eigenvalue weighted by molar-refractivity contribution is -0.121. The van der Waals surface area contributed by atoms with E-state index in [0.29, 0.717) is 31.3 Å². The lowest BCUT2D eigenvalue weighted by Crippen LogP contribution is -2.28. The van der Waals surface area contributed by atoms with Gasteiger partial charge in [0.15, 0.2) is 5.76 Å². The van der Waals surface area contributed by atoms with Crippen molar-refractivity contribution in [2.45, 2.75) is 58.8 Å². The van der Waals surface area contributed by atoms with Gasteiger partial charge >= 0.3 is 0 Å². The molecule has 0 saturated heterocycles. The second kappa shape index (κ2) is 8.49. The van der Waals surface area contributed by atoms with Gasteiger partial charge in [-0.1, -0.05) is 5.16 Å². The molecule has 0 saturated carbocycles. The third kappa shape index (κ3) is 4.10. The number of imidazole rings is 1. The van der Waals surface area contributed by atoms with E-state index in [-0.39, 0.29) is 12.5 Å². The predicted octanol–water partition coefficient (Wildman–Crippen LogP) is 2.83. The second-order valence-corrected chi connectivity index (χ2v) is 8.39. The Morgan fingerprint density at radius 2 is 2.28 bits per heavy atom. The summed E-state index contributed by atoms with van der Waals surface area (Å²) in [7, 11) is 0. The molecule has 32 heavy (non-hydrogen) atoms. The highest BCUT2D eigenvalue weighted by molar-refractivity contribution is 5.87. The first kappa shape index (κ1) is 20.3. The maximum Gasteiger partial charge on any atom is 0.240 e. The summed E-state index contributed by atoms with van der Waals surface area (Å²) < 4.78 is 9.10. The molecule has 0 fully saturated rings. The zero-order valence-electron chi connectivity index (χ0n) is 18.3. The first-order valence-electron chi connectivity index (χ1n) is 11.0. The highest BCUT2D eigenvalue weighted by Gasteiger charge is 2.22. The van der Waals surface area contributed by atoms with Gasteiger partial charge in [-0.25, -0.2) is 4.98 Å². The van der Waals surface area contributed by atoms with Crippen molar-refractivity contribution < 1.29 is 9.32 Å². The van der Waals surface area contributed by atoms with Crippen molar-refractivity contribution in [1.29, 1.82) is 0 Å². The molecule has 1 aromatic carbocycles. The van der Waals surface area contributed by atoms with Crippen molar-refractivity contribution in [2.24, 2.45) is 0 Å². The van der Waals surface area contributed by atoms with Gasteiger partial charge in [-0.3, -0.25) is 9.48 Å². The van der Waals surface area contributed by atoms with Crippen molar-refractivity contribution in [3.63, 3.8) is 0 Å². The number of hydrogen-bond donors (Lipinski definition) is 2. The highest BCUT2D eigenvalue weighted by atomic mass is 16.5. The lowest BCUT2D eigenvalue weighted by Gasteiger charge is -2.24. The van der Waals surface area contributed by atoms with Crippen molar-refractivity contribution in [2.75, 3.05) is 5.32 Å². The minimum Gasteiger partial charge on any atom is -0.382 e. The standard InChI is InChI=1S/C23H27N7O2/c1-15-4-5-18-19(26-15)6-7-20-23(18)27-21(8-11-29-10-3-9-25-29)30(20)14-22(31)24-13-17-12-16(2)28-32-17/h3,6-7,9-10,12,15,26H,4-5,8,11,13-14H2,1-2H3,(H,24,31)/t15-/m0/s1. The smallest absolute Gasteiger partial charge is 0.240 e. The fraction of sp³-hybridized carbons (Fsp3) is 0.391. The van der Waals surface area contributed by atoms with Gasteiger partial charge in [0.1, 0.15) is 12.4 Å². The molecule has 0 spiro atoms. The van der Waals surface area contributed by atoms with Crippen LogP contribution in [-0.2, 0) is 37.3 Å². The van der Waals surface area contributed by atoms with E-state index in [4.69, 9.17) is 9.51 Å². The van der Waals surface area contributed by atoms with Crippen LogP contribution in [0.25, 0.3) is 11.0 Å². The number of amides is 1. The predicted molar refractivity (Wildman–Crippen MR) is 120 cm³/mol. The molecule has 4 heterocycles. The lowest BCUT2D eigenvalue weighted by atomic mass is 9.98. The molecule has 0 aliphatic carbocycles. The molecule has 9 heteroatoms. The quantitative estimate of drug-likeness (QED) is 0.465. The highest BCUT2D eigenvalue weighted by Crippen LogP contribution is 2.32. The van der Waals surface area contributed by atoms with E-state index in [9.17, 15) is 4.79 Å². The van der Waals surface area contributed by atoms with Crippen molar-refractivity contribution in [1.82, 2.24) is 29.8 Å². The maximum atomic E-state index is 12.8. The van der Waals surface area contributed by atoms with Gasteiger partial charge in [0, 0.05) is 48.7 Å². The SMILES string of the molecule is Cc1cc(CNC(=O)Cn2c(CCn3cccn3)nc3c4c(ccc32)N[C@@H](C)CC4)on1. The van der Waals surface area contributed by atoms with E-state index in [0.717, 1.165) is 41.1 Å². The number of anilines is 1. The fourth-order valence-electron chi connectivity index (χ4n) is 4.28. The van der Waals surface area contributed by atoms with Crippen LogP contribution in [0.5, 0.6) is 0 Å². The van der Waals surface area contributed by atoms with Crippen LogP contribution >= 0.6 is 0 Å². The number of carbonyl (C=O) groups is 1. The van der Waals surface area contributed by atoms with Gasteiger partial charge in [-0.05, 0) is 44.9 Å². The topological polar surface area (TPSA) is 103 Å². The summed E-state index contributed by atoms with van der Waals surface area (Å²) in [5.41, 5.74) is 5.14. The molecule has 0 radical (unpaired) electrons. The van der Waals surface area contributed by atoms with Crippen LogP contribution in [0.4, 0.5) is 5.69 Å². The number of aromatic nitrogens is 5. The van der Waals surface area contributed by atoms with Gasteiger partial charge < -0.3 is 19.7 Å². The summed E-state index contributed by atoms with van der Waals surface area (Å²) in [4.78, 5) is 17.8. The van der Waals surface area contributed by atoms with Crippen LogP contribution in [0.2, 0.25) is 0 Å². The van der Waals surface area contributed by atoms with Crippen LogP contribution < -0.4 is 10.6 Å². The van der Waals surface area contributed by atoms with E-state index in [1.807, 2.05) is 34.5 Å². The van der Waals surface area contributed by atoms with Crippen molar-refractivity contribution in [3.05, 3.63) is 59.5 Å². The molecule has 1 atom stereocenters. The number of nitrogens with one attached hydrogen (secondary N) is 2. The summed E-state index contributed by atoms with van der Waals surface area (Å²) in [6.07, 6.45) is 6.44. The number of hydrogen-bond acceptors (Lipinski definition) is 6. The van der Waals surface area contributed by atoms with Gasteiger partial charge in [-0.2, -0.15) is 5.10 Å². The normalized spacial score (nSPS) is 15.5. The van der Waals surface area contributed by atoms with Gasteiger partial charge in [-0.15, -0.1) is 0 Å². The Hall–Kier alpha value is -3.62. The Labute approximate surface area is 185 Å². The molecular weight excluding hydrogens is 406 g/mol. The first-order chi connectivity index (χ1) is 15.6. The summed E-state index contributed by atoms with van der Waals surface area (Å²) in [5.74, 6) is 1.43. The average Bonchev–Trinajstić information content (AvgIpc) is 3.51. The molecule has 166 valence electrons. The maximum absolute atomic E-state index is 12.8. The third-order valence-corrected chi connectivity index (χ3v) is 5.90. The van der Waals surface area contributed by atoms with Crippen LogP contribution in [0.1, 0.15) is 36.2 Å². The van der Waals surface area contributed by atoms with E-state index >= 15 is 0 Å². The Morgan fingerprint density at radius 1 is 1.38 bits per heavy atom. The monoisotopic (exact) mass is 433 g/mol. The van der Waals surface area contributed by atoms with Crippen LogP contribution in [0, 0.1) is 6.92 Å². The van der Waals surface area contributed by atoms with Crippen LogP contribution in [0.3, 0.4) is 0 Å². The van der Waals surface area contributed by atoms with Crippen molar-refractivity contribution in [3.8, 4) is 0 Å². The number of fused-ring (bicyclic) bond motifs is 3. The second-order valence-electron chi connectivity index (χ2n) is 8.39. The summed E-state index contributed by atoms with van der Waals surface area (Å²) in [5, 5.41) is 14.6. The summed E-state index contributed by atoms with van der Waals surface area (Å²) in [6.45, 7) is 5.26. The molecule has 1 aliphatic rings. The molecule has 1 aliphatic heterocycles. The Kier molecular flexibility index (Phi) is 5.38. The summed E-state index contributed by atoms with van der Waals surface area (Å²) >= 11 is 0. The first-order valence-corrected chi connectivity index (χ1v) is 11.0. The Bertz CT molecular complexity index is 1240. The molecular formula is C23H27N7O2. The van der Waals surface area contributed by atoms with E-state index in [2.05, 4.69) is 39.9 Å². The number of benzene rings is 1. The van der Waals surface area contributed by atoms with E-state index in [1.165, 1.54) is 5.56 Å². The molecule has 2 N–H and O–H groups in total. The minimum atomic E-state index is -0.0943. The molecule has 5 rings (SSSR count). The number of aryl methyl sites for hydroxylation is 4.